The number of thiophene rings is 1. The maximum Gasteiger partial charge on any atom is 0.319 e. The van der Waals surface area contributed by atoms with Crippen LogP contribution in [0.4, 0.5) is 10.5 Å². The van der Waals surface area contributed by atoms with Crippen LogP contribution >= 0.6 is 11.3 Å². The number of urea groups is 1. The number of nitrogens with one attached hydrogen (secondary N) is 2. The summed E-state index contributed by atoms with van der Waals surface area (Å²) >= 11 is 1.64. The van der Waals surface area contributed by atoms with Gasteiger partial charge in [0, 0.05) is 10.6 Å². The van der Waals surface area contributed by atoms with Gasteiger partial charge in [0.2, 0.25) is 0 Å². The highest BCUT2D eigenvalue weighted by Gasteiger charge is 2.23. The fraction of sp³-hybridized carbons (Fsp3) is 0.267. The van der Waals surface area contributed by atoms with E-state index in [1.165, 1.54) is 5.56 Å². The molecule has 0 aliphatic rings. The molecule has 0 saturated heterocycles. The van der Waals surface area contributed by atoms with E-state index >= 15 is 0 Å². The molecule has 2 rings (SSSR count). The van der Waals surface area contributed by atoms with Crippen LogP contribution in [0, 0.1) is 6.92 Å². The van der Waals surface area contributed by atoms with Crippen molar-refractivity contribution in [3.8, 4) is 0 Å². The molecule has 2 amide bonds. The summed E-state index contributed by atoms with van der Waals surface area (Å²) < 4.78 is 0. The summed E-state index contributed by atoms with van der Waals surface area (Å²) in [6, 6.07) is 11.6. The van der Waals surface area contributed by atoms with Crippen LogP contribution in [0.25, 0.3) is 0 Å². The summed E-state index contributed by atoms with van der Waals surface area (Å²) in [4.78, 5) is 13.1. The van der Waals surface area contributed by atoms with E-state index in [4.69, 9.17) is 0 Å². The first-order valence-corrected chi connectivity index (χ1v) is 7.05. The fourth-order valence-corrected chi connectivity index (χ4v) is 2.59. The Morgan fingerprint density at radius 2 is 1.84 bits per heavy atom. The van der Waals surface area contributed by atoms with Crippen molar-refractivity contribution in [1.29, 1.82) is 0 Å². The molecular weight excluding hydrogens is 256 g/mol. The Hall–Kier alpha value is -1.81. The number of carbonyl (C=O) groups excluding carboxylic acids is 1. The second-order valence-corrected chi connectivity index (χ2v) is 6.00. The third-order valence-electron chi connectivity index (χ3n) is 2.87. The number of amides is 2. The summed E-state index contributed by atoms with van der Waals surface area (Å²) in [7, 11) is 0. The van der Waals surface area contributed by atoms with Crippen LogP contribution in [0.1, 0.15) is 24.3 Å². The Balaban J connectivity index is 2.00. The molecule has 0 spiro atoms. The second kappa shape index (κ2) is 5.45. The largest absolute Gasteiger partial charge is 0.328 e. The van der Waals surface area contributed by atoms with Crippen molar-refractivity contribution < 1.29 is 4.79 Å². The molecule has 0 aliphatic heterocycles. The lowest BCUT2D eigenvalue weighted by atomic mass is 10.0. The van der Waals surface area contributed by atoms with Gasteiger partial charge in [-0.2, -0.15) is 0 Å². The van der Waals surface area contributed by atoms with Gasteiger partial charge in [0.15, 0.2) is 0 Å². The maximum absolute atomic E-state index is 12.0. The van der Waals surface area contributed by atoms with Crippen molar-refractivity contribution in [2.75, 3.05) is 5.32 Å². The number of rotatable bonds is 3. The second-order valence-electron chi connectivity index (χ2n) is 5.05. The van der Waals surface area contributed by atoms with E-state index in [-0.39, 0.29) is 11.6 Å². The molecule has 0 aliphatic carbocycles. The molecule has 0 bridgehead atoms. The van der Waals surface area contributed by atoms with Crippen LogP contribution in [0.15, 0.2) is 41.8 Å². The minimum absolute atomic E-state index is 0.192. The van der Waals surface area contributed by atoms with Crippen molar-refractivity contribution in [2.24, 2.45) is 0 Å². The molecule has 19 heavy (non-hydrogen) atoms. The van der Waals surface area contributed by atoms with Crippen molar-refractivity contribution >= 4 is 23.1 Å². The maximum atomic E-state index is 12.0. The highest BCUT2D eigenvalue weighted by atomic mass is 32.1. The molecule has 2 aromatic rings. The van der Waals surface area contributed by atoms with Crippen molar-refractivity contribution in [3.05, 3.63) is 52.2 Å². The number of hydrogen-bond acceptors (Lipinski definition) is 2. The summed E-state index contributed by atoms with van der Waals surface area (Å²) in [5.74, 6) is 0. The molecule has 0 saturated carbocycles. The third kappa shape index (κ3) is 3.58. The normalized spacial score (nSPS) is 11.1. The molecule has 100 valence electrons. The molecule has 0 radical (unpaired) electrons. The lowest BCUT2D eigenvalue weighted by Crippen LogP contribution is -2.42. The zero-order valence-corrected chi connectivity index (χ0v) is 12.2. The predicted octanol–water partition coefficient (Wildman–Crippen LogP) is 4.11. The highest BCUT2D eigenvalue weighted by Crippen LogP contribution is 2.24. The first kappa shape index (κ1) is 13.6. The third-order valence-corrected chi connectivity index (χ3v) is 4.07. The Morgan fingerprint density at radius 1 is 1.16 bits per heavy atom. The molecule has 1 aromatic carbocycles. The van der Waals surface area contributed by atoms with Crippen LogP contribution < -0.4 is 10.6 Å². The van der Waals surface area contributed by atoms with Gasteiger partial charge in [-0.3, -0.25) is 0 Å². The number of aryl methyl sites for hydroxylation is 1. The van der Waals surface area contributed by atoms with Crippen LogP contribution in [0.2, 0.25) is 0 Å². The Bertz CT molecular complexity index is 544. The van der Waals surface area contributed by atoms with Crippen LogP contribution in [0.5, 0.6) is 0 Å². The molecule has 2 N–H and O–H groups in total. The standard InChI is InChI=1S/C15H18N2OS/c1-11-6-8-12(9-7-11)16-14(18)17-15(2,3)13-5-4-10-19-13/h4-10H,1-3H3,(H2,16,17,18). The van der Waals surface area contributed by atoms with Gasteiger partial charge in [-0.05, 0) is 44.4 Å². The minimum atomic E-state index is -0.372. The van der Waals surface area contributed by atoms with Gasteiger partial charge in [0.1, 0.15) is 0 Å². The average molecular weight is 274 g/mol. The summed E-state index contributed by atoms with van der Waals surface area (Å²) in [5.41, 5.74) is 1.60. The molecule has 1 aromatic heterocycles. The summed E-state index contributed by atoms with van der Waals surface area (Å²) in [6.07, 6.45) is 0. The van der Waals surface area contributed by atoms with Crippen molar-refractivity contribution in [2.45, 2.75) is 26.3 Å². The van der Waals surface area contributed by atoms with Gasteiger partial charge in [0.05, 0.1) is 5.54 Å². The first-order chi connectivity index (χ1) is 8.97. The monoisotopic (exact) mass is 274 g/mol. The molecule has 0 unspecified atom stereocenters. The lowest BCUT2D eigenvalue weighted by Gasteiger charge is -2.25. The van der Waals surface area contributed by atoms with E-state index in [0.29, 0.717) is 0 Å². The van der Waals surface area contributed by atoms with Crippen LogP contribution in [-0.4, -0.2) is 6.03 Å². The van der Waals surface area contributed by atoms with E-state index in [1.807, 2.05) is 62.5 Å². The minimum Gasteiger partial charge on any atom is -0.328 e. The predicted molar refractivity (Wildman–Crippen MR) is 80.7 cm³/mol. The van der Waals surface area contributed by atoms with Gasteiger partial charge < -0.3 is 10.6 Å². The molecule has 0 atom stereocenters. The number of hydrogen-bond donors (Lipinski definition) is 2. The number of anilines is 1. The van der Waals surface area contributed by atoms with Gasteiger partial charge in [-0.25, -0.2) is 4.79 Å². The average Bonchev–Trinajstić information content (AvgIpc) is 2.85. The zero-order chi connectivity index (χ0) is 13.9. The lowest BCUT2D eigenvalue weighted by molar-refractivity contribution is 0.242. The van der Waals surface area contributed by atoms with Gasteiger partial charge in [0.25, 0.3) is 0 Å². The smallest absolute Gasteiger partial charge is 0.319 e. The molecule has 3 nitrogen and oxygen atoms in total. The summed E-state index contributed by atoms with van der Waals surface area (Å²) in [5, 5.41) is 7.83. The molecule has 0 fully saturated rings. The molecule has 1 heterocycles. The van der Waals surface area contributed by atoms with Gasteiger partial charge in [-0.1, -0.05) is 23.8 Å². The van der Waals surface area contributed by atoms with E-state index in [9.17, 15) is 4.79 Å². The van der Waals surface area contributed by atoms with E-state index in [0.717, 1.165) is 10.6 Å². The quantitative estimate of drug-likeness (QED) is 0.868. The molecule has 4 heteroatoms. The SMILES string of the molecule is Cc1ccc(NC(=O)NC(C)(C)c2cccs2)cc1. The first-order valence-electron chi connectivity index (χ1n) is 6.17. The van der Waals surface area contributed by atoms with Gasteiger partial charge >= 0.3 is 6.03 Å². The van der Waals surface area contributed by atoms with E-state index in [2.05, 4.69) is 10.6 Å². The van der Waals surface area contributed by atoms with E-state index in [1.54, 1.807) is 11.3 Å². The molecular formula is C15H18N2OS. The van der Waals surface area contributed by atoms with Crippen molar-refractivity contribution in [3.63, 3.8) is 0 Å². The zero-order valence-electron chi connectivity index (χ0n) is 11.4. The Kier molecular flexibility index (Phi) is 3.90. The van der Waals surface area contributed by atoms with Crippen LogP contribution in [-0.2, 0) is 5.54 Å². The summed E-state index contributed by atoms with van der Waals surface area (Å²) in [6.45, 7) is 6.00. The fourth-order valence-electron chi connectivity index (χ4n) is 1.78. The van der Waals surface area contributed by atoms with Gasteiger partial charge in [-0.15, -0.1) is 11.3 Å². The number of carbonyl (C=O) groups is 1. The number of benzene rings is 1. The highest BCUT2D eigenvalue weighted by molar-refractivity contribution is 7.10. The Morgan fingerprint density at radius 3 is 2.42 bits per heavy atom. The van der Waals surface area contributed by atoms with E-state index < -0.39 is 0 Å². The van der Waals surface area contributed by atoms with Crippen molar-refractivity contribution in [1.82, 2.24) is 5.32 Å². The Labute approximate surface area is 117 Å². The topological polar surface area (TPSA) is 41.1 Å². The van der Waals surface area contributed by atoms with Crippen LogP contribution in [0.3, 0.4) is 0 Å².